The van der Waals surface area contributed by atoms with Gasteiger partial charge in [0.1, 0.15) is 11.6 Å². The lowest BCUT2D eigenvalue weighted by molar-refractivity contribution is 0.118. The van der Waals surface area contributed by atoms with Gasteiger partial charge in [0, 0.05) is 57.7 Å². The Morgan fingerprint density at radius 2 is 1.87 bits per heavy atom. The fraction of sp³-hybridized carbons (Fsp3) is 0.412. The monoisotopic (exact) mass is 313 g/mol. The van der Waals surface area contributed by atoms with Crippen molar-refractivity contribution in [3.63, 3.8) is 0 Å². The molecule has 0 unspecified atom stereocenters. The van der Waals surface area contributed by atoms with E-state index in [1.807, 2.05) is 24.0 Å². The van der Waals surface area contributed by atoms with Crippen molar-refractivity contribution in [2.75, 3.05) is 26.2 Å². The maximum Gasteiger partial charge on any atom is 0.127 e. The lowest BCUT2D eigenvalue weighted by Crippen LogP contribution is -2.45. The van der Waals surface area contributed by atoms with E-state index in [0.717, 1.165) is 38.5 Å². The minimum Gasteiger partial charge on any atom is -0.337 e. The lowest BCUT2D eigenvalue weighted by Gasteiger charge is -2.34. The average molecular weight is 313 g/mol. The van der Waals surface area contributed by atoms with E-state index in [0.29, 0.717) is 17.7 Å². The van der Waals surface area contributed by atoms with Crippen molar-refractivity contribution in [3.05, 3.63) is 53.4 Å². The van der Waals surface area contributed by atoms with Gasteiger partial charge in [0.2, 0.25) is 0 Å². The zero-order chi connectivity index (χ0) is 16.2. The van der Waals surface area contributed by atoms with Gasteiger partial charge >= 0.3 is 0 Å². The topological polar surface area (TPSA) is 48.1 Å². The van der Waals surface area contributed by atoms with Crippen LogP contribution in [0.2, 0.25) is 0 Å². The smallest absolute Gasteiger partial charge is 0.127 e. The first kappa shape index (κ1) is 15.7. The van der Waals surface area contributed by atoms with Crippen molar-refractivity contribution in [2.24, 2.45) is 7.05 Å². The Hall–Kier alpha value is -2.23. The Labute approximate surface area is 135 Å². The first-order valence-electron chi connectivity index (χ1n) is 7.75. The van der Waals surface area contributed by atoms with Crippen LogP contribution in [0.5, 0.6) is 0 Å². The first-order valence-corrected chi connectivity index (χ1v) is 7.75. The van der Waals surface area contributed by atoms with Gasteiger partial charge in [0.25, 0.3) is 0 Å². The number of benzene rings is 1. The third-order valence-corrected chi connectivity index (χ3v) is 4.32. The van der Waals surface area contributed by atoms with Crippen molar-refractivity contribution in [3.8, 4) is 6.07 Å². The molecule has 0 saturated carbocycles. The van der Waals surface area contributed by atoms with E-state index in [4.69, 9.17) is 5.26 Å². The Kier molecular flexibility index (Phi) is 4.70. The van der Waals surface area contributed by atoms with Crippen LogP contribution in [0.15, 0.2) is 30.6 Å². The van der Waals surface area contributed by atoms with E-state index in [1.54, 1.807) is 6.07 Å². The zero-order valence-electron chi connectivity index (χ0n) is 13.2. The number of halogens is 1. The van der Waals surface area contributed by atoms with Crippen LogP contribution in [0.1, 0.15) is 17.0 Å². The van der Waals surface area contributed by atoms with Crippen LogP contribution in [0, 0.1) is 17.1 Å². The zero-order valence-corrected chi connectivity index (χ0v) is 13.2. The quantitative estimate of drug-likeness (QED) is 0.863. The molecule has 5 nitrogen and oxygen atoms in total. The van der Waals surface area contributed by atoms with Crippen molar-refractivity contribution < 1.29 is 4.39 Å². The largest absolute Gasteiger partial charge is 0.337 e. The van der Waals surface area contributed by atoms with Crippen LogP contribution >= 0.6 is 0 Å². The van der Waals surface area contributed by atoms with Crippen molar-refractivity contribution >= 4 is 0 Å². The molecule has 1 aromatic carbocycles. The Morgan fingerprint density at radius 3 is 2.48 bits per heavy atom. The summed E-state index contributed by atoms with van der Waals surface area (Å²) in [5, 5.41) is 8.94. The predicted molar refractivity (Wildman–Crippen MR) is 84.9 cm³/mol. The molecule has 1 aromatic heterocycles. The van der Waals surface area contributed by atoms with Crippen molar-refractivity contribution in [1.29, 1.82) is 5.26 Å². The number of piperazine rings is 1. The summed E-state index contributed by atoms with van der Waals surface area (Å²) < 4.78 is 15.9. The van der Waals surface area contributed by atoms with Gasteiger partial charge in [0.15, 0.2) is 0 Å². The van der Waals surface area contributed by atoms with E-state index in [2.05, 4.69) is 20.9 Å². The molecule has 3 rings (SSSR count). The maximum atomic E-state index is 13.9. The molecular weight excluding hydrogens is 293 g/mol. The number of nitriles is 1. The molecule has 0 amide bonds. The van der Waals surface area contributed by atoms with Gasteiger partial charge in [-0.15, -0.1) is 0 Å². The molecule has 120 valence electrons. The molecule has 1 aliphatic heterocycles. The Bertz CT molecular complexity index is 710. The highest BCUT2D eigenvalue weighted by atomic mass is 19.1. The number of hydrogen-bond donors (Lipinski definition) is 0. The van der Waals surface area contributed by atoms with Gasteiger partial charge in [-0.05, 0) is 18.2 Å². The summed E-state index contributed by atoms with van der Waals surface area (Å²) in [5.74, 6) is 0.825. The lowest BCUT2D eigenvalue weighted by atomic mass is 10.1. The molecule has 0 N–H and O–H groups in total. The Balaban J connectivity index is 1.55. The van der Waals surface area contributed by atoms with Crippen molar-refractivity contribution in [2.45, 2.75) is 13.1 Å². The van der Waals surface area contributed by atoms with E-state index >= 15 is 0 Å². The molecule has 23 heavy (non-hydrogen) atoms. The van der Waals surface area contributed by atoms with E-state index in [-0.39, 0.29) is 5.82 Å². The van der Waals surface area contributed by atoms with Crippen LogP contribution in [0.4, 0.5) is 4.39 Å². The van der Waals surface area contributed by atoms with Gasteiger partial charge in [-0.3, -0.25) is 9.80 Å². The third kappa shape index (κ3) is 3.76. The highest BCUT2D eigenvalue weighted by Crippen LogP contribution is 2.15. The minimum absolute atomic E-state index is 0.237. The molecule has 0 bridgehead atoms. The van der Waals surface area contributed by atoms with Gasteiger partial charge < -0.3 is 4.57 Å². The number of aromatic nitrogens is 2. The highest BCUT2D eigenvalue weighted by molar-refractivity contribution is 5.33. The second kappa shape index (κ2) is 6.90. The predicted octanol–water partition coefficient (Wildman–Crippen LogP) is 1.75. The maximum absolute atomic E-state index is 13.9. The summed E-state index contributed by atoms with van der Waals surface area (Å²) in [7, 11) is 2.00. The summed E-state index contributed by atoms with van der Waals surface area (Å²) in [6, 6.07) is 6.61. The summed E-state index contributed by atoms with van der Waals surface area (Å²) in [5.41, 5.74) is 1.11. The second-order valence-corrected chi connectivity index (χ2v) is 5.92. The molecule has 1 aliphatic rings. The molecule has 2 heterocycles. The summed E-state index contributed by atoms with van der Waals surface area (Å²) in [6.45, 7) is 5.05. The average Bonchev–Trinajstić information content (AvgIpc) is 2.96. The van der Waals surface area contributed by atoms with E-state index in [9.17, 15) is 4.39 Å². The van der Waals surface area contributed by atoms with Crippen LogP contribution in [0.3, 0.4) is 0 Å². The highest BCUT2D eigenvalue weighted by Gasteiger charge is 2.19. The van der Waals surface area contributed by atoms with Gasteiger partial charge in [-0.1, -0.05) is 0 Å². The Morgan fingerprint density at radius 1 is 1.17 bits per heavy atom. The summed E-state index contributed by atoms with van der Waals surface area (Å²) in [6.07, 6.45) is 3.77. The number of nitrogens with zero attached hydrogens (tertiary/aromatic N) is 5. The van der Waals surface area contributed by atoms with Crippen molar-refractivity contribution in [1.82, 2.24) is 19.4 Å². The standard InChI is InChI=1S/C17H20FN5/c1-21-5-4-20-17(21)13-23-8-6-22(7-9-23)12-15-10-14(11-19)2-3-16(15)18/h2-5,10H,6-9,12-13H2,1H3. The third-order valence-electron chi connectivity index (χ3n) is 4.32. The molecule has 6 heteroatoms. The van der Waals surface area contributed by atoms with Crippen LogP contribution in [0.25, 0.3) is 0 Å². The fourth-order valence-electron chi connectivity index (χ4n) is 2.86. The SMILES string of the molecule is Cn1ccnc1CN1CCN(Cc2cc(C#N)ccc2F)CC1. The van der Waals surface area contributed by atoms with Crippen LogP contribution in [-0.4, -0.2) is 45.5 Å². The van der Waals surface area contributed by atoms with Gasteiger partial charge in [-0.25, -0.2) is 9.37 Å². The number of imidazole rings is 1. The van der Waals surface area contributed by atoms with Crippen LogP contribution in [-0.2, 0) is 20.1 Å². The minimum atomic E-state index is -0.237. The molecule has 0 spiro atoms. The van der Waals surface area contributed by atoms with Gasteiger partial charge in [0.05, 0.1) is 18.2 Å². The van der Waals surface area contributed by atoms with Gasteiger partial charge in [-0.2, -0.15) is 5.26 Å². The molecule has 1 fully saturated rings. The number of hydrogen-bond acceptors (Lipinski definition) is 4. The molecule has 2 aromatic rings. The summed E-state index contributed by atoms with van der Waals surface area (Å²) in [4.78, 5) is 8.95. The molecular formula is C17H20FN5. The van der Waals surface area contributed by atoms with E-state index in [1.165, 1.54) is 12.1 Å². The molecule has 0 radical (unpaired) electrons. The summed E-state index contributed by atoms with van der Waals surface area (Å²) >= 11 is 0. The molecule has 0 atom stereocenters. The van der Waals surface area contributed by atoms with E-state index < -0.39 is 0 Å². The fourth-order valence-corrected chi connectivity index (χ4v) is 2.86. The normalized spacial score (nSPS) is 16.4. The molecule has 0 aliphatic carbocycles. The molecule has 1 saturated heterocycles. The second-order valence-electron chi connectivity index (χ2n) is 5.92. The number of aryl methyl sites for hydroxylation is 1. The first-order chi connectivity index (χ1) is 11.2. The number of rotatable bonds is 4. The van der Waals surface area contributed by atoms with Crippen LogP contribution < -0.4 is 0 Å².